The number of benzene rings is 1. The molecule has 0 aromatic heterocycles. The van der Waals surface area contributed by atoms with Gasteiger partial charge in [-0.1, -0.05) is 38.0 Å². The molecule has 0 radical (unpaired) electrons. The van der Waals surface area contributed by atoms with Gasteiger partial charge in [0.25, 0.3) is 0 Å². The summed E-state index contributed by atoms with van der Waals surface area (Å²) in [6.45, 7) is 11.2. The summed E-state index contributed by atoms with van der Waals surface area (Å²) in [6.07, 6.45) is 4.05. The summed E-state index contributed by atoms with van der Waals surface area (Å²) >= 11 is 0. The minimum absolute atomic E-state index is 0.877. The number of nitrogens with zero attached hydrogens (tertiary/aromatic N) is 1. The van der Waals surface area contributed by atoms with Crippen LogP contribution >= 0.6 is 0 Å². The van der Waals surface area contributed by atoms with Crippen LogP contribution in [0.25, 0.3) is 0 Å². The highest BCUT2D eigenvalue weighted by Crippen LogP contribution is 2.28. The SMILES string of the molecule is CCNCc1cc(C)ccc1N1CCCC(CC)C1. The Hall–Kier alpha value is -1.02. The Bertz CT molecular complexity index is 400. The van der Waals surface area contributed by atoms with E-state index in [1.165, 1.54) is 49.2 Å². The van der Waals surface area contributed by atoms with Crippen molar-refractivity contribution in [3.8, 4) is 0 Å². The van der Waals surface area contributed by atoms with Crippen LogP contribution in [-0.4, -0.2) is 19.6 Å². The third-order valence-corrected chi connectivity index (χ3v) is 4.24. The molecular formula is C17H28N2. The van der Waals surface area contributed by atoms with Gasteiger partial charge in [-0.25, -0.2) is 0 Å². The molecule has 0 bridgehead atoms. The number of nitrogens with one attached hydrogen (secondary N) is 1. The summed E-state index contributed by atoms with van der Waals surface area (Å²) in [7, 11) is 0. The van der Waals surface area contributed by atoms with Crippen molar-refractivity contribution in [3.63, 3.8) is 0 Å². The molecule has 1 unspecified atom stereocenters. The van der Waals surface area contributed by atoms with Gasteiger partial charge >= 0.3 is 0 Å². The lowest BCUT2D eigenvalue weighted by Gasteiger charge is -2.35. The molecule has 2 rings (SSSR count). The van der Waals surface area contributed by atoms with Crippen LogP contribution in [0.15, 0.2) is 18.2 Å². The largest absolute Gasteiger partial charge is 0.371 e. The fourth-order valence-corrected chi connectivity index (χ4v) is 3.04. The first kappa shape index (κ1) is 14.4. The van der Waals surface area contributed by atoms with Crippen LogP contribution in [0, 0.1) is 12.8 Å². The molecule has 1 N–H and O–H groups in total. The molecule has 106 valence electrons. The van der Waals surface area contributed by atoms with Gasteiger partial charge in [-0.2, -0.15) is 0 Å². The van der Waals surface area contributed by atoms with Gasteiger partial charge in [0.05, 0.1) is 0 Å². The molecule has 1 aromatic rings. The third kappa shape index (κ3) is 3.73. The molecule has 1 fully saturated rings. The monoisotopic (exact) mass is 260 g/mol. The topological polar surface area (TPSA) is 15.3 Å². The Morgan fingerprint density at radius 1 is 1.32 bits per heavy atom. The fraction of sp³-hybridized carbons (Fsp3) is 0.647. The quantitative estimate of drug-likeness (QED) is 0.868. The molecule has 1 saturated heterocycles. The molecule has 1 aromatic carbocycles. The number of anilines is 1. The summed E-state index contributed by atoms with van der Waals surface area (Å²) in [4.78, 5) is 2.60. The first-order valence-corrected chi connectivity index (χ1v) is 7.79. The van der Waals surface area contributed by atoms with E-state index < -0.39 is 0 Å². The van der Waals surface area contributed by atoms with E-state index in [9.17, 15) is 0 Å². The zero-order chi connectivity index (χ0) is 13.7. The Kier molecular flexibility index (Phi) is 5.26. The molecular weight excluding hydrogens is 232 g/mol. The summed E-state index contributed by atoms with van der Waals surface area (Å²) in [5.41, 5.74) is 4.27. The van der Waals surface area contributed by atoms with E-state index in [0.29, 0.717) is 0 Å². The zero-order valence-electron chi connectivity index (χ0n) is 12.7. The van der Waals surface area contributed by atoms with Gasteiger partial charge in [-0.3, -0.25) is 0 Å². The molecule has 0 aliphatic carbocycles. The van der Waals surface area contributed by atoms with Crippen molar-refractivity contribution < 1.29 is 0 Å². The van der Waals surface area contributed by atoms with Crippen molar-refractivity contribution in [3.05, 3.63) is 29.3 Å². The normalized spacial score (nSPS) is 19.7. The van der Waals surface area contributed by atoms with Gasteiger partial charge in [0.2, 0.25) is 0 Å². The van der Waals surface area contributed by atoms with Gasteiger partial charge in [0.1, 0.15) is 0 Å². The molecule has 0 spiro atoms. The summed E-state index contributed by atoms with van der Waals surface area (Å²) < 4.78 is 0. The molecule has 2 nitrogen and oxygen atoms in total. The molecule has 1 aliphatic rings. The molecule has 2 heteroatoms. The summed E-state index contributed by atoms with van der Waals surface area (Å²) in [6, 6.07) is 6.91. The van der Waals surface area contributed by atoms with E-state index in [-0.39, 0.29) is 0 Å². The van der Waals surface area contributed by atoms with Crippen molar-refractivity contribution in [2.45, 2.75) is 46.6 Å². The lowest BCUT2D eigenvalue weighted by Crippen LogP contribution is -2.36. The summed E-state index contributed by atoms with van der Waals surface area (Å²) in [5, 5.41) is 3.47. The first-order chi connectivity index (χ1) is 9.24. The van der Waals surface area contributed by atoms with Crippen LogP contribution in [0.2, 0.25) is 0 Å². The zero-order valence-corrected chi connectivity index (χ0v) is 12.7. The number of rotatable bonds is 5. The van der Waals surface area contributed by atoms with Crippen LogP contribution in [0.1, 0.15) is 44.2 Å². The fourth-order valence-electron chi connectivity index (χ4n) is 3.04. The Balaban J connectivity index is 2.17. The van der Waals surface area contributed by atoms with Gasteiger partial charge < -0.3 is 10.2 Å². The molecule has 0 amide bonds. The Labute approximate surface area is 118 Å². The van der Waals surface area contributed by atoms with Gasteiger partial charge in [0.15, 0.2) is 0 Å². The smallest absolute Gasteiger partial charge is 0.0412 e. The van der Waals surface area contributed by atoms with E-state index in [1.807, 2.05) is 0 Å². The van der Waals surface area contributed by atoms with Crippen LogP contribution in [-0.2, 0) is 6.54 Å². The highest BCUT2D eigenvalue weighted by atomic mass is 15.1. The molecule has 1 aliphatic heterocycles. The maximum absolute atomic E-state index is 3.47. The van der Waals surface area contributed by atoms with Gasteiger partial charge in [-0.05, 0) is 43.9 Å². The van der Waals surface area contributed by atoms with Crippen molar-refractivity contribution in [1.29, 1.82) is 0 Å². The predicted molar refractivity (Wildman–Crippen MR) is 83.8 cm³/mol. The van der Waals surface area contributed by atoms with E-state index in [2.05, 4.69) is 49.2 Å². The van der Waals surface area contributed by atoms with Crippen LogP contribution < -0.4 is 10.2 Å². The van der Waals surface area contributed by atoms with E-state index >= 15 is 0 Å². The molecule has 1 heterocycles. The number of hydrogen-bond acceptors (Lipinski definition) is 2. The average Bonchev–Trinajstić information content (AvgIpc) is 2.45. The lowest BCUT2D eigenvalue weighted by atomic mass is 9.94. The molecule has 0 saturated carbocycles. The van der Waals surface area contributed by atoms with Crippen LogP contribution in [0.4, 0.5) is 5.69 Å². The lowest BCUT2D eigenvalue weighted by molar-refractivity contribution is 0.404. The Morgan fingerprint density at radius 2 is 2.16 bits per heavy atom. The number of aryl methyl sites for hydroxylation is 1. The van der Waals surface area contributed by atoms with Gasteiger partial charge in [0, 0.05) is 25.3 Å². The third-order valence-electron chi connectivity index (χ3n) is 4.24. The second-order valence-corrected chi connectivity index (χ2v) is 5.78. The van der Waals surface area contributed by atoms with E-state index in [1.54, 1.807) is 0 Å². The van der Waals surface area contributed by atoms with Crippen LogP contribution in [0.3, 0.4) is 0 Å². The number of hydrogen-bond donors (Lipinski definition) is 1. The first-order valence-electron chi connectivity index (χ1n) is 7.79. The van der Waals surface area contributed by atoms with Crippen LogP contribution in [0.5, 0.6) is 0 Å². The second kappa shape index (κ2) is 6.95. The van der Waals surface area contributed by atoms with Crippen molar-refractivity contribution in [2.24, 2.45) is 5.92 Å². The number of piperidine rings is 1. The van der Waals surface area contributed by atoms with Crippen molar-refractivity contribution in [2.75, 3.05) is 24.5 Å². The summed E-state index contributed by atoms with van der Waals surface area (Å²) in [5.74, 6) is 0.877. The maximum Gasteiger partial charge on any atom is 0.0412 e. The minimum atomic E-state index is 0.877. The predicted octanol–water partition coefficient (Wildman–Crippen LogP) is 3.73. The Morgan fingerprint density at radius 3 is 2.89 bits per heavy atom. The highest BCUT2D eigenvalue weighted by molar-refractivity contribution is 5.55. The highest BCUT2D eigenvalue weighted by Gasteiger charge is 2.20. The minimum Gasteiger partial charge on any atom is -0.371 e. The van der Waals surface area contributed by atoms with E-state index in [4.69, 9.17) is 0 Å². The molecule has 19 heavy (non-hydrogen) atoms. The van der Waals surface area contributed by atoms with E-state index in [0.717, 1.165) is 19.0 Å². The average molecular weight is 260 g/mol. The maximum atomic E-state index is 3.47. The second-order valence-electron chi connectivity index (χ2n) is 5.78. The van der Waals surface area contributed by atoms with Crippen molar-refractivity contribution in [1.82, 2.24) is 5.32 Å². The van der Waals surface area contributed by atoms with Crippen molar-refractivity contribution >= 4 is 5.69 Å². The van der Waals surface area contributed by atoms with Gasteiger partial charge in [-0.15, -0.1) is 0 Å². The molecule has 1 atom stereocenters. The standard InChI is InChI=1S/C17H28N2/c1-4-15-7-6-10-19(13-15)17-9-8-14(3)11-16(17)12-18-5-2/h8-9,11,15,18H,4-7,10,12-13H2,1-3H3.